The molecule has 0 aliphatic rings. The van der Waals surface area contributed by atoms with Crippen molar-refractivity contribution in [1.82, 2.24) is 10.3 Å². The zero-order valence-corrected chi connectivity index (χ0v) is 12.8. The van der Waals surface area contributed by atoms with Crippen LogP contribution in [0, 0.1) is 11.3 Å². The Morgan fingerprint density at radius 1 is 1.33 bits per heavy atom. The van der Waals surface area contributed by atoms with Gasteiger partial charge in [0, 0.05) is 23.9 Å². The van der Waals surface area contributed by atoms with Gasteiger partial charge in [-0.15, -0.1) is 0 Å². The number of carbonyl (C=O) groups is 2. The summed E-state index contributed by atoms with van der Waals surface area (Å²) in [6.45, 7) is 7.07. The van der Waals surface area contributed by atoms with E-state index in [1.807, 2.05) is 13.8 Å². The van der Waals surface area contributed by atoms with Crippen molar-refractivity contribution in [3.8, 4) is 0 Å². The van der Waals surface area contributed by atoms with Gasteiger partial charge in [-0.25, -0.2) is 0 Å². The standard InChI is InChI=1S/C15H22N2O4/c1-9(2)5-11-6-10(7-12(18)17-11)13(19)16-8-15(3,4)14(20)21/h6-7,9H,5,8H2,1-4H3,(H,16,19)(H,17,18)(H,20,21). The Kier molecular flexibility index (Phi) is 5.29. The van der Waals surface area contributed by atoms with Crippen LogP contribution in [0.15, 0.2) is 16.9 Å². The highest BCUT2D eigenvalue weighted by atomic mass is 16.4. The number of aromatic nitrogens is 1. The molecule has 1 aromatic rings. The van der Waals surface area contributed by atoms with Gasteiger partial charge in [0.1, 0.15) is 0 Å². The van der Waals surface area contributed by atoms with Crippen molar-refractivity contribution in [2.75, 3.05) is 6.54 Å². The van der Waals surface area contributed by atoms with Crippen molar-refractivity contribution in [1.29, 1.82) is 0 Å². The number of nitrogens with one attached hydrogen (secondary N) is 2. The molecule has 1 rings (SSSR count). The number of pyridine rings is 1. The summed E-state index contributed by atoms with van der Waals surface area (Å²) in [5.41, 5.74) is -0.455. The van der Waals surface area contributed by atoms with Gasteiger partial charge in [0.2, 0.25) is 5.56 Å². The predicted molar refractivity (Wildman–Crippen MR) is 79.4 cm³/mol. The van der Waals surface area contributed by atoms with Gasteiger partial charge in [0.15, 0.2) is 0 Å². The summed E-state index contributed by atoms with van der Waals surface area (Å²) in [5, 5.41) is 11.6. The number of aromatic amines is 1. The van der Waals surface area contributed by atoms with Gasteiger partial charge in [0.25, 0.3) is 5.91 Å². The number of hydrogen-bond acceptors (Lipinski definition) is 3. The summed E-state index contributed by atoms with van der Waals surface area (Å²) in [6.07, 6.45) is 0.664. The van der Waals surface area contributed by atoms with Crippen LogP contribution >= 0.6 is 0 Å². The molecule has 0 unspecified atom stereocenters. The van der Waals surface area contributed by atoms with Crippen LogP contribution in [0.25, 0.3) is 0 Å². The first-order chi connectivity index (χ1) is 9.61. The Morgan fingerprint density at radius 3 is 2.48 bits per heavy atom. The van der Waals surface area contributed by atoms with E-state index < -0.39 is 17.3 Å². The van der Waals surface area contributed by atoms with E-state index >= 15 is 0 Å². The Balaban J connectivity index is 2.85. The number of aliphatic carboxylic acids is 1. The topological polar surface area (TPSA) is 99.3 Å². The molecule has 1 aromatic heterocycles. The molecule has 0 fully saturated rings. The van der Waals surface area contributed by atoms with E-state index in [1.54, 1.807) is 6.07 Å². The van der Waals surface area contributed by atoms with Crippen molar-refractivity contribution in [2.24, 2.45) is 11.3 Å². The molecule has 0 aliphatic carbocycles. The maximum absolute atomic E-state index is 12.0. The fraction of sp³-hybridized carbons (Fsp3) is 0.533. The zero-order chi connectivity index (χ0) is 16.2. The average molecular weight is 294 g/mol. The van der Waals surface area contributed by atoms with Gasteiger partial charge in [-0.2, -0.15) is 0 Å². The fourth-order valence-corrected chi connectivity index (χ4v) is 1.76. The van der Waals surface area contributed by atoms with Gasteiger partial charge in [-0.05, 0) is 32.3 Å². The normalized spacial score (nSPS) is 11.5. The first-order valence-electron chi connectivity index (χ1n) is 6.86. The van der Waals surface area contributed by atoms with Crippen LogP contribution in [0.3, 0.4) is 0 Å². The highest BCUT2D eigenvalue weighted by Gasteiger charge is 2.27. The molecule has 1 amide bonds. The van der Waals surface area contributed by atoms with Gasteiger partial charge in [0.05, 0.1) is 5.41 Å². The maximum atomic E-state index is 12.0. The lowest BCUT2D eigenvalue weighted by molar-refractivity contribution is -0.146. The fourth-order valence-electron chi connectivity index (χ4n) is 1.76. The number of rotatable bonds is 6. The van der Waals surface area contributed by atoms with Crippen LogP contribution < -0.4 is 10.9 Å². The van der Waals surface area contributed by atoms with E-state index in [1.165, 1.54) is 19.9 Å². The lowest BCUT2D eigenvalue weighted by atomic mass is 9.94. The number of hydrogen-bond donors (Lipinski definition) is 3. The number of carbonyl (C=O) groups excluding carboxylic acids is 1. The highest BCUT2D eigenvalue weighted by Crippen LogP contribution is 2.13. The first-order valence-corrected chi connectivity index (χ1v) is 6.86. The summed E-state index contributed by atoms with van der Waals surface area (Å²) < 4.78 is 0. The van der Waals surface area contributed by atoms with Crippen LogP contribution in [-0.4, -0.2) is 28.5 Å². The molecule has 0 aromatic carbocycles. The summed E-state index contributed by atoms with van der Waals surface area (Å²) >= 11 is 0. The van der Waals surface area contributed by atoms with E-state index in [9.17, 15) is 14.4 Å². The van der Waals surface area contributed by atoms with Crippen molar-refractivity contribution >= 4 is 11.9 Å². The molecule has 0 bridgehead atoms. The minimum Gasteiger partial charge on any atom is -0.481 e. The number of carboxylic acids is 1. The smallest absolute Gasteiger partial charge is 0.310 e. The molecule has 116 valence electrons. The monoisotopic (exact) mass is 294 g/mol. The largest absolute Gasteiger partial charge is 0.481 e. The Hall–Kier alpha value is -2.11. The molecular weight excluding hydrogens is 272 g/mol. The zero-order valence-electron chi connectivity index (χ0n) is 12.8. The van der Waals surface area contributed by atoms with E-state index in [0.29, 0.717) is 18.0 Å². The van der Waals surface area contributed by atoms with E-state index in [-0.39, 0.29) is 17.7 Å². The highest BCUT2D eigenvalue weighted by molar-refractivity contribution is 5.94. The summed E-state index contributed by atoms with van der Waals surface area (Å²) in [4.78, 5) is 37.3. The molecular formula is C15H22N2O4. The molecule has 3 N–H and O–H groups in total. The first kappa shape index (κ1) is 16.9. The summed E-state index contributed by atoms with van der Waals surface area (Å²) in [6, 6.07) is 2.84. The van der Waals surface area contributed by atoms with Crippen LogP contribution in [0.5, 0.6) is 0 Å². The number of H-pyrrole nitrogens is 1. The van der Waals surface area contributed by atoms with Crippen LogP contribution in [0.2, 0.25) is 0 Å². The summed E-state index contributed by atoms with van der Waals surface area (Å²) in [5.74, 6) is -1.08. The molecule has 0 saturated heterocycles. The third-order valence-electron chi connectivity index (χ3n) is 3.06. The van der Waals surface area contributed by atoms with Gasteiger partial charge >= 0.3 is 5.97 Å². The lowest BCUT2D eigenvalue weighted by Crippen LogP contribution is -2.39. The quantitative estimate of drug-likeness (QED) is 0.738. The molecule has 6 heteroatoms. The molecule has 0 atom stereocenters. The third kappa shape index (κ3) is 5.06. The maximum Gasteiger partial charge on any atom is 0.310 e. The van der Waals surface area contributed by atoms with Crippen molar-refractivity contribution in [3.05, 3.63) is 33.7 Å². The predicted octanol–water partition coefficient (Wildman–Crippen LogP) is 1.41. The van der Waals surface area contributed by atoms with Crippen molar-refractivity contribution in [3.63, 3.8) is 0 Å². The Labute approximate surface area is 123 Å². The lowest BCUT2D eigenvalue weighted by Gasteiger charge is -2.19. The van der Waals surface area contributed by atoms with Crippen LogP contribution in [0.4, 0.5) is 0 Å². The molecule has 0 saturated carbocycles. The second-order valence-corrected chi connectivity index (χ2v) is 6.23. The van der Waals surface area contributed by atoms with E-state index in [0.717, 1.165) is 0 Å². The Bertz CT molecular complexity index is 588. The molecule has 21 heavy (non-hydrogen) atoms. The molecule has 0 aliphatic heterocycles. The molecule has 1 heterocycles. The number of carboxylic acid groups (broad SMARTS) is 1. The SMILES string of the molecule is CC(C)Cc1cc(C(=O)NCC(C)(C)C(=O)O)cc(=O)[nH]1. The van der Waals surface area contributed by atoms with E-state index in [2.05, 4.69) is 10.3 Å². The molecule has 0 spiro atoms. The van der Waals surface area contributed by atoms with Gasteiger partial charge < -0.3 is 15.4 Å². The molecule has 6 nitrogen and oxygen atoms in total. The van der Waals surface area contributed by atoms with E-state index in [4.69, 9.17) is 5.11 Å². The minimum absolute atomic E-state index is 0.00647. The van der Waals surface area contributed by atoms with Crippen molar-refractivity contribution < 1.29 is 14.7 Å². The second-order valence-electron chi connectivity index (χ2n) is 6.23. The van der Waals surface area contributed by atoms with Gasteiger partial charge in [-0.3, -0.25) is 14.4 Å². The minimum atomic E-state index is -1.06. The van der Waals surface area contributed by atoms with Crippen LogP contribution in [-0.2, 0) is 11.2 Å². The van der Waals surface area contributed by atoms with Crippen molar-refractivity contribution in [2.45, 2.75) is 34.1 Å². The third-order valence-corrected chi connectivity index (χ3v) is 3.06. The van der Waals surface area contributed by atoms with Crippen LogP contribution in [0.1, 0.15) is 43.7 Å². The molecule has 0 radical (unpaired) electrons. The number of amides is 1. The second kappa shape index (κ2) is 6.56. The van der Waals surface area contributed by atoms with Gasteiger partial charge in [-0.1, -0.05) is 13.8 Å². The Morgan fingerprint density at radius 2 is 1.95 bits per heavy atom. The average Bonchev–Trinajstić information content (AvgIpc) is 2.34. The summed E-state index contributed by atoms with van der Waals surface area (Å²) in [7, 11) is 0.